The molecule has 0 unspecified atom stereocenters. The summed E-state index contributed by atoms with van der Waals surface area (Å²) < 4.78 is 28.2. The number of rotatable bonds is 3. The fourth-order valence-corrected chi connectivity index (χ4v) is 5.96. The molecule has 0 aliphatic carbocycles. The number of piperidine rings is 1. The van der Waals surface area contributed by atoms with Crippen molar-refractivity contribution in [3.8, 4) is 6.07 Å². The Balaban J connectivity index is 1.68. The lowest BCUT2D eigenvalue weighted by molar-refractivity contribution is 0.277. The van der Waals surface area contributed by atoms with E-state index in [9.17, 15) is 13.7 Å². The minimum atomic E-state index is -3.71. The number of sulfonamides is 1. The van der Waals surface area contributed by atoms with Crippen molar-refractivity contribution in [2.24, 2.45) is 0 Å². The van der Waals surface area contributed by atoms with Gasteiger partial charge < -0.3 is 0 Å². The van der Waals surface area contributed by atoms with Gasteiger partial charge in [0, 0.05) is 23.5 Å². The zero-order valence-electron chi connectivity index (χ0n) is 15.2. The number of nitrogens with zero attached hydrogens (tertiary/aromatic N) is 2. The van der Waals surface area contributed by atoms with E-state index in [1.165, 1.54) is 4.31 Å². The molecule has 0 aromatic heterocycles. The molecule has 0 amide bonds. The molecule has 1 saturated heterocycles. The third-order valence-corrected chi connectivity index (χ3v) is 7.81. The highest BCUT2D eigenvalue weighted by molar-refractivity contribution is 7.89. The molecular weight excluding hydrogens is 392 g/mol. The summed E-state index contributed by atoms with van der Waals surface area (Å²) in [5, 5.41) is 11.6. The molecule has 3 aromatic carbocycles. The first-order valence-corrected chi connectivity index (χ1v) is 10.9. The molecule has 0 spiro atoms. The van der Waals surface area contributed by atoms with Gasteiger partial charge in [-0.05, 0) is 35.9 Å². The first-order valence-electron chi connectivity index (χ1n) is 9.12. The predicted molar refractivity (Wildman–Crippen MR) is 111 cm³/mol. The fourth-order valence-electron chi connectivity index (χ4n) is 3.95. The largest absolute Gasteiger partial charge is 0.243 e. The topological polar surface area (TPSA) is 61.2 Å². The average Bonchev–Trinajstić information content (AvgIpc) is 2.74. The van der Waals surface area contributed by atoms with Crippen LogP contribution in [0.25, 0.3) is 10.8 Å². The summed E-state index contributed by atoms with van der Waals surface area (Å²) in [7, 11) is -3.71. The molecule has 0 radical (unpaired) electrons. The van der Waals surface area contributed by atoms with Crippen LogP contribution in [0.5, 0.6) is 0 Å². The fraction of sp³-hybridized carbons (Fsp3) is 0.227. The van der Waals surface area contributed by atoms with E-state index in [2.05, 4.69) is 6.07 Å². The highest BCUT2D eigenvalue weighted by Crippen LogP contribution is 2.38. The molecule has 4 rings (SSSR count). The number of nitriles is 1. The molecule has 142 valence electrons. The Labute approximate surface area is 170 Å². The predicted octanol–water partition coefficient (Wildman–Crippen LogP) is 4.74. The van der Waals surface area contributed by atoms with Gasteiger partial charge in [-0.25, -0.2) is 8.42 Å². The Bertz CT molecular complexity index is 1160. The molecule has 0 N–H and O–H groups in total. The summed E-state index contributed by atoms with van der Waals surface area (Å²) in [6.07, 6.45) is 0.927. The van der Waals surface area contributed by atoms with Crippen LogP contribution in [0.15, 0.2) is 71.6 Å². The van der Waals surface area contributed by atoms with E-state index in [-0.39, 0.29) is 4.90 Å². The van der Waals surface area contributed by atoms with Crippen LogP contribution in [-0.4, -0.2) is 25.8 Å². The SMILES string of the molecule is N#CC1(c2ccccc2)CCN(S(=O)(=O)c2cccc3cccc(Cl)c23)CC1. The first-order chi connectivity index (χ1) is 13.5. The second kappa shape index (κ2) is 7.21. The van der Waals surface area contributed by atoms with E-state index in [4.69, 9.17) is 11.6 Å². The van der Waals surface area contributed by atoms with E-state index in [1.807, 2.05) is 48.5 Å². The van der Waals surface area contributed by atoms with Crippen molar-refractivity contribution >= 4 is 32.4 Å². The van der Waals surface area contributed by atoms with Gasteiger partial charge in [-0.2, -0.15) is 9.57 Å². The van der Waals surface area contributed by atoms with Crippen LogP contribution in [-0.2, 0) is 15.4 Å². The maximum Gasteiger partial charge on any atom is 0.243 e. The number of hydrogen-bond acceptors (Lipinski definition) is 3. The molecule has 0 saturated carbocycles. The molecule has 28 heavy (non-hydrogen) atoms. The summed E-state index contributed by atoms with van der Waals surface area (Å²) in [4.78, 5) is 0.222. The zero-order valence-corrected chi connectivity index (χ0v) is 16.7. The van der Waals surface area contributed by atoms with Crippen molar-refractivity contribution in [2.45, 2.75) is 23.2 Å². The Hall–Kier alpha value is -2.39. The summed E-state index contributed by atoms with van der Waals surface area (Å²) in [6.45, 7) is 0.594. The van der Waals surface area contributed by atoms with Gasteiger partial charge in [-0.15, -0.1) is 0 Å². The molecule has 0 bridgehead atoms. The Morgan fingerprint density at radius 3 is 2.21 bits per heavy atom. The van der Waals surface area contributed by atoms with E-state index >= 15 is 0 Å². The van der Waals surface area contributed by atoms with E-state index in [0.717, 1.165) is 10.9 Å². The third-order valence-electron chi connectivity index (χ3n) is 5.55. The molecule has 1 fully saturated rings. The lowest BCUT2D eigenvalue weighted by Gasteiger charge is -2.37. The molecule has 0 atom stereocenters. The van der Waals surface area contributed by atoms with Crippen molar-refractivity contribution in [2.75, 3.05) is 13.1 Å². The van der Waals surface area contributed by atoms with Crippen LogP contribution < -0.4 is 0 Å². The summed E-state index contributed by atoms with van der Waals surface area (Å²) >= 11 is 6.33. The van der Waals surface area contributed by atoms with Crippen molar-refractivity contribution in [1.82, 2.24) is 4.31 Å². The minimum absolute atomic E-state index is 0.222. The highest BCUT2D eigenvalue weighted by atomic mass is 35.5. The first kappa shape index (κ1) is 18.9. The monoisotopic (exact) mass is 410 g/mol. The van der Waals surface area contributed by atoms with Crippen LogP contribution in [0.1, 0.15) is 18.4 Å². The average molecular weight is 411 g/mol. The van der Waals surface area contributed by atoms with Gasteiger partial charge in [0.05, 0.1) is 16.4 Å². The number of hydrogen-bond donors (Lipinski definition) is 0. The lowest BCUT2D eigenvalue weighted by Crippen LogP contribution is -2.44. The smallest absolute Gasteiger partial charge is 0.207 e. The molecule has 6 heteroatoms. The van der Waals surface area contributed by atoms with Gasteiger partial charge in [0.2, 0.25) is 10.0 Å². The normalized spacial score (nSPS) is 17.3. The van der Waals surface area contributed by atoms with Gasteiger partial charge in [0.25, 0.3) is 0 Å². The molecule has 1 aliphatic heterocycles. The van der Waals surface area contributed by atoms with Gasteiger partial charge in [-0.3, -0.25) is 0 Å². The Kier molecular flexibility index (Phi) is 4.88. The number of halogens is 1. The van der Waals surface area contributed by atoms with E-state index < -0.39 is 15.4 Å². The van der Waals surface area contributed by atoms with E-state index in [0.29, 0.717) is 36.3 Å². The van der Waals surface area contributed by atoms with E-state index in [1.54, 1.807) is 18.2 Å². The summed E-state index contributed by atoms with van der Waals surface area (Å²) in [6, 6.07) is 22.6. The minimum Gasteiger partial charge on any atom is -0.207 e. The van der Waals surface area contributed by atoms with Crippen LogP contribution in [0.2, 0.25) is 5.02 Å². The third kappa shape index (κ3) is 3.08. The Morgan fingerprint density at radius 1 is 0.929 bits per heavy atom. The number of fused-ring (bicyclic) bond motifs is 1. The Morgan fingerprint density at radius 2 is 1.57 bits per heavy atom. The molecular formula is C22H19ClN2O2S. The van der Waals surface area contributed by atoms with Gasteiger partial charge in [-0.1, -0.05) is 66.2 Å². The van der Waals surface area contributed by atoms with Crippen LogP contribution in [0.3, 0.4) is 0 Å². The maximum atomic E-state index is 13.4. The second-order valence-corrected chi connectivity index (χ2v) is 9.37. The maximum absolute atomic E-state index is 13.4. The van der Waals surface area contributed by atoms with Crippen molar-refractivity contribution in [3.63, 3.8) is 0 Å². The second-order valence-electron chi connectivity index (χ2n) is 7.06. The standard InChI is InChI=1S/C22H19ClN2O2S/c23-19-10-4-6-17-7-5-11-20(21(17)19)28(26,27)25-14-12-22(16-24,13-15-25)18-8-2-1-3-9-18/h1-11H,12-15H2. The molecule has 1 aliphatic rings. The van der Waals surface area contributed by atoms with Crippen molar-refractivity contribution in [3.05, 3.63) is 77.3 Å². The summed E-state index contributed by atoms with van der Waals surface area (Å²) in [5.74, 6) is 0. The lowest BCUT2D eigenvalue weighted by atomic mass is 9.74. The van der Waals surface area contributed by atoms with Crippen molar-refractivity contribution < 1.29 is 8.42 Å². The van der Waals surface area contributed by atoms with Gasteiger partial charge in [0.15, 0.2) is 0 Å². The molecule has 3 aromatic rings. The van der Waals surface area contributed by atoms with Gasteiger partial charge >= 0.3 is 0 Å². The van der Waals surface area contributed by atoms with Crippen molar-refractivity contribution in [1.29, 1.82) is 5.26 Å². The van der Waals surface area contributed by atoms with Crippen LogP contribution in [0, 0.1) is 11.3 Å². The quantitative estimate of drug-likeness (QED) is 0.626. The van der Waals surface area contributed by atoms with Gasteiger partial charge in [0.1, 0.15) is 0 Å². The summed E-state index contributed by atoms with van der Waals surface area (Å²) in [5.41, 5.74) is 0.298. The number of benzene rings is 3. The highest BCUT2D eigenvalue weighted by Gasteiger charge is 2.40. The van der Waals surface area contributed by atoms with Crippen LogP contribution in [0.4, 0.5) is 0 Å². The van der Waals surface area contributed by atoms with Crippen LogP contribution >= 0.6 is 11.6 Å². The zero-order chi connectivity index (χ0) is 19.8. The molecule has 4 nitrogen and oxygen atoms in total. The molecule has 1 heterocycles.